The molecule has 2 amide bonds. The molecule has 0 aliphatic carbocycles. The second-order valence-electron chi connectivity index (χ2n) is 6.73. The van der Waals surface area contributed by atoms with Crippen LogP contribution in [0.5, 0.6) is 0 Å². The Morgan fingerprint density at radius 3 is 2.29 bits per heavy atom. The molecule has 0 saturated carbocycles. The molecule has 8 heteroatoms. The van der Waals surface area contributed by atoms with Crippen LogP contribution < -0.4 is 16.0 Å². The number of hydrogen-bond acceptors (Lipinski definition) is 5. The summed E-state index contributed by atoms with van der Waals surface area (Å²) < 4.78 is 0. The van der Waals surface area contributed by atoms with Crippen LogP contribution in [0.25, 0.3) is 0 Å². The van der Waals surface area contributed by atoms with Gasteiger partial charge in [-0.3, -0.25) is 19.7 Å². The third kappa shape index (κ3) is 5.45. The van der Waals surface area contributed by atoms with Gasteiger partial charge in [0, 0.05) is 31.4 Å². The number of non-ortho nitro benzene ring substituents is 1. The third-order valence-corrected chi connectivity index (χ3v) is 4.69. The number of nitro benzene ring substituents is 1. The lowest BCUT2D eigenvalue weighted by Crippen LogP contribution is -2.27. The van der Waals surface area contributed by atoms with E-state index in [1.54, 1.807) is 31.3 Å². The van der Waals surface area contributed by atoms with E-state index < -0.39 is 10.8 Å². The maximum atomic E-state index is 12.8. The van der Waals surface area contributed by atoms with Crippen LogP contribution in [0, 0.1) is 10.1 Å². The van der Waals surface area contributed by atoms with Crippen molar-refractivity contribution in [3.63, 3.8) is 0 Å². The van der Waals surface area contributed by atoms with E-state index in [0.29, 0.717) is 29.9 Å². The number of hydrogen-bond donors (Lipinski definition) is 3. The normalized spacial score (nSPS) is 10.2. The van der Waals surface area contributed by atoms with Crippen LogP contribution in [0.3, 0.4) is 0 Å². The summed E-state index contributed by atoms with van der Waals surface area (Å²) in [7, 11) is 1.62. The number of para-hydroxylation sites is 1. The highest BCUT2D eigenvalue weighted by Gasteiger charge is 2.19. The Balaban J connectivity index is 1.74. The number of nitrogens with zero attached hydrogens (tertiary/aromatic N) is 1. The van der Waals surface area contributed by atoms with E-state index >= 15 is 0 Å². The first-order chi connectivity index (χ1) is 15.0. The third-order valence-electron chi connectivity index (χ3n) is 4.69. The van der Waals surface area contributed by atoms with Gasteiger partial charge in [0.1, 0.15) is 0 Å². The Bertz CT molecular complexity index is 1100. The Morgan fingerprint density at radius 1 is 0.871 bits per heavy atom. The van der Waals surface area contributed by atoms with Crippen LogP contribution >= 0.6 is 0 Å². The summed E-state index contributed by atoms with van der Waals surface area (Å²) in [6, 6.07) is 20.4. The predicted molar refractivity (Wildman–Crippen MR) is 120 cm³/mol. The zero-order valence-corrected chi connectivity index (χ0v) is 16.9. The molecular formula is C23H22N4O4. The van der Waals surface area contributed by atoms with Crippen molar-refractivity contribution in [3.05, 3.63) is 99.6 Å². The van der Waals surface area contributed by atoms with Gasteiger partial charge >= 0.3 is 0 Å². The van der Waals surface area contributed by atoms with Crippen LogP contribution in [0.2, 0.25) is 0 Å². The molecule has 3 aromatic rings. The second kappa shape index (κ2) is 10.0. The van der Waals surface area contributed by atoms with E-state index in [0.717, 1.165) is 5.56 Å². The van der Waals surface area contributed by atoms with Crippen LogP contribution in [0.4, 0.5) is 17.1 Å². The van der Waals surface area contributed by atoms with Gasteiger partial charge in [-0.1, -0.05) is 42.5 Å². The van der Waals surface area contributed by atoms with Crippen LogP contribution in [0.15, 0.2) is 72.8 Å². The number of anilines is 2. The highest BCUT2D eigenvalue weighted by atomic mass is 16.6. The minimum absolute atomic E-state index is 0.107. The summed E-state index contributed by atoms with van der Waals surface area (Å²) in [5, 5.41) is 19.5. The second-order valence-corrected chi connectivity index (χ2v) is 6.73. The molecule has 0 unspecified atom stereocenters. The summed E-state index contributed by atoms with van der Waals surface area (Å²) in [5.41, 5.74) is 2.08. The van der Waals surface area contributed by atoms with Crippen molar-refractivity contribution in [2.24, 2.45) is 0 Å². The molecule has 0 fully saturated rings. The van der Waals surface area contributed by atoms with Crippen molar-refractivity contribution in [2.75, 3.05) is 24.2 Å². The average Bonchev–Trinajstić information content (AvgIpc) is 2.79. The monoisotopic (exact) mass is 418 g/mol. The fourth-order valence-electron chi connectivity index (χ4n) is 3.09. The average molecular weight is 418 g/mol. The van der Waals surface area contributed by atoms with Crippen molar-refractivity contribution < 1.29 is 14.5 Å². The van der Waals surface area contributed by atoms with Gasteiger partial charge in [0.15, 0.2) is 0 Å². The number of rotatable bonds is 8. The van der Waals surface area contributed by atoms with Crippen molar-refractivity contribution in [3.8, 4) is 0 Å². The van der Waals surface area contributed by atoms with Crippen LogP contribution in [-0.4, -0.2) is 30.3 Å². The van der Waals surface area contributed by atoms with Gasteiger partial charge in [0.05, 0.1) is 21.7 Å². The zero-order valence-electron chi connectivity index (χ0n) is 16.9. The van der Waals surface area contributed by atoms with E-state index in [1.165, 1.54) is 18.2 Å². The minimum atomic E-state index is -0.565. The molecule has 0 saturated heterocycles. The Labute approximate surface area is 179 Å². The highest BCUT2D eigenvalue weighted by Crippen LogP contribution is 2.24. The molecule has 0 heterocycles. The molecule has 31 heavy (non-hydrogen) atoms. The highest BCUT2D eigenvalue weighted by molar-refractivity contribution is 6.11. The lowest BCUT2D eigenvalue weighted by Gasteiger charge is -2.13. The van der Waals surface area contributed by atoms with Gasteiger partial charge in [-0.05, 0) is 30.2 Å². The minimum Gasteiger partial charge on any atom is -0.387 e. The van der Waals surface area contributed by atoms with Crippen molar-refractivity contribution >= 4 is 28.9 Å². The number of nitro groups is 1. The molecule has 0 spiro atoms. The number of carbonyl (C=O) groups excluding carboxylic acids is 2. The molecule has 0 aliphatic heterocycles. The largest absolute Gasteiger partial charge is 0.387 e. The van der Waals surface area contributed by atoms with Crippen molar-refractivity contribution in [2.45, 2.75) is 6.42 Å². The van der Waals surface area contributed by atoms with Gasteiger partial charge in [0.2, 0.25) is 0 Å². The summed E-state index contributed by atoms with van der Waals surface area (Å²) in [6.45, 7) is 0.444. The SMILES string of the molecule is CNc1ccc([N+](=O)[O-])cc1C(=O)Nc1ccccc1C(=O)NCCc1ccccc1. The Morgan fingerprint density at radius 2 is 1.58 bits per heavy atom. The molecular weight excluding hydrogens is 396 g/mol. The number of nitrogens with one attached hydrogen (secondary N) is 3. The van der Waals surface area contributed by atoms with Crippen molar-refractivity contribution in [1.82, 2.24) is 5.32 Å². The Kier molecular flexibility index (Phi) is 6.95. The fraction of sp³-hybridized carbons (Fsp3) is 0.130. The van der Waals surface area contributed by atoms with E-state index in [4.69, 9.17) is 0 Å². The molecule has 158 valence electrons. The number of benzene rings is 3. The lowest BCUT2D eigenvalue weighted by molar-refractivity contribution is -0.384. The fourth-order valence-corrected chi connectivity index (χ4v) is 3.09. The smallest absolute Gasteiger partial charge is 0.270 e. The van der Waals surface area contributed by atoms with E-state index in [9.17, 15) is 19.7 Å². The van der Waals surface area contributed by atoms with E-state index in [2.05, 4.69) is 16.0 Å². The molecule has 8 nitrogen and oxygen atoms in total. The summed E-state index contributed by atoms with van der Waals surface area (Å²) in [6.07, 6.45) is 0.681. The lowest BCUT2D eigenvalue weighted by atomic mass is 10.1. The molecule has 3 N–H and O–H groups in total. The number of carbonyl (C=O) groups is 2. The molecule has 3 rings (SSSR count). The van der Waals surface area contributed by atoms with Gasteiger partial charge in [0.25, 0.3) is 17.5 Å². The Hall–Kier alpha value is -4.20. The molecule has 0 aromatic heterocycles. The van der Waals surface area contributed by atoms with Gasteiger partial charge in [-0.15, -0.1) is 0 Å². The summed E-state index contributed by atoms with van der Waals surface area (Å²) in [4.78, 5) is 36.0. The predicted octanol–water partition coefficient (Wildman–Crippen LogP) is 3.86. The van der Waals surface area contributed by atoms with Crippen molar-refractivity contribution in [1.29, 1.82) is 0 Å². The van der Waals surface area contributed by atoms with Gasteiger partial charge < -0.3 is 16.0 Å². The van der Waals surface area contributed by atoms with Crippen LogP contribution in [0.1, 0.15) is 26.3 Å². The maximum absolute atomic E-state index is 12.8. The maximum Gasteiger partial charge on any atom is 0.270 e. The molecule has 0 bridgehead atoms. The van der Waals surface area contributed by atoms with E-state index in [1.807, 2.05) is 30.3 Å². The van der Waals surface area contributed by atoms with Gasteiger partial charge in [-0.2, -0.15) is 0 Å². The molecule has 0 aliphatic rings. The topological polar surface area (TPSA) is 113 Å². The molecule has 3 aromatic carbocycles. The number of amides is 2. The van der Waals surface area contributed by atoms with Gasteiger partial charge in [-0.25, -0.2) is 0 Å². The quantitative estimate of drug-likeness (QED) is 0.380. The van der Waals surface area contributed by atoms with E-state index in [-0.39, 0.29) is 17.2 Å². The first-order valence-corrected chi connectivity index (χ1v) is 9.68. The van der Waals surface area contributed by atoms with Crippen LogP contribution in [-0.2, 0) is 6.42 Å². The summed E-state index contributed by atoms with van der Waals surface area (Å²) in [5.74, 6) is -0.878. The standard InChI is InChI=1S/C23H22N4O4/c1-24-20-12-11-17(27(30)31)15-19(20)23(29)26-21-10-6-5-9-18(21)22(28)25-14-13-16-7-3-2-4-8-16/h2-12,15,24H,13-14H2,1H3,(H,25,28)(H,26,29). The first-order valence-electron chi connectivity index (χ1n) is 9.68. The molecule has 0 atom stereocenters. The first kappa shape index (κ1) is 21.5. The molecule has 0 radical (unpaired) electrons. The zero-order chi connectivity index (χ0) is 22.2. The summed E-state index contributed by atoms with van der Waals surface area (Å²) >= 11 is 0.